The molecule has 3 aliphatic carbocycles. The molecule has 0 aromatic heterocycles. The van der Waals surface area contributed by atoms with E-state index >= 15 is 0 Å². The van der Waals surface area contributed by atoms with Crippen molar-refractivity contribution in [2.24, 2.45) is 11.8 Å². The molecule has 0 spiro atoms. The van der Waals surface area contributed by atoms with Gasteiger partial charge in [-0.25, -0.2) is 4.90 Å². The summed E-state index contributed by atoms with van der Waals surface area (Å²) in [5.41, 5.74) is 2.35. The predicted molar refractivity (Wildman–Crippen MR) is 125 cm³/mol. The number of para-hydroxylation sites is 1. The third kappa shape index (κ3) is 1.99. The summed E-state index contributed by atoms with van der Waals surface area (Å²) in [5, 5.41) is 0. The highest BCUT2D eigenvalue weighted by Gasteiger charge is 2.72. The Hall–Kier alpha value is -2.80. The van der Waals surface area contributed by atoms with Crippen LogP contribution in [-0.4, -0.2) is 18.1 Å². The Morgan fingerprint density at radius 2 is 1.26 bits per heavy atom. The summed E-state index contributed by atoms with van der Waals surface area (Å²) in [6.07, 6.45) is 0.908. The molecular formula is C26H18INO3. The van der Waals surface area contributed by atoms with E-state index in [4.69, 9.17) is 0 Å². The number of aldehydes is 1. The number of halogens is 1. The van der Waals surface area contributed by atoms with E-state index in [0.717, 1.165) is 32.1 Å². The van der Waals surface area contributed by atoms with Crippen molar-refractivity contribution in [3.63, 3.8) is 0 Å². The molecule has 3 aromatic rings. The van der Waals surface area contributed by atoms with Gasteiger partial charge in [-0.3, -0.25) is 9.59 Å². The Balaban J connectivity index is 1.71. The molecule has 1 aliphatic heterocycles. The maximum absolute atomic E-state index is 14.0. The number of amides is 2. The van der Waals surface area contributed by atoms with E-state index in [-0.39, 0.29) is 11.8 Å². The van der Waals surface area contributed by atoms with Crippen LogP contribution in [0.5, 0.6) is 0 Å². The summed E-state index contributed by atoms with van der Waals surface area (Å²) in [4.78, 5) is 42.2. The quantitative estimate of drug-likeness (QED) is 0.290. The fraction of sp³-hybridized carbons (Fsp3) is 0.192. The minimum atomic E-state index is -1.17. The number of anilines is 1. The van der Waals surface area contributed by atoms with Gasteiger partial charge in [-0.05, 0) is 57.0 Å². The van der Waals surface area contributed by atoms with Crippen molar-refractivity contribution in [3.05, 3.63) is 98.6 Å². The highest BCUT2D eigenvalue weighted by Crippen LogP contribution is 2.66. The summed E-state index contributed by atoms with van der Waals surface area (Å²) in [7, 11) is 0. The minimum absolute atomic E-state index is 0.225. The fourth-order valence-electron chi connectivity index (χ4n) is 6.33. The van der Waals surface area contributed by atoms with Gasteiger partial charge in [0.25, 0.3) is 0 Å². The van der Waals surface area contributed by atoms with Crippen LogP contribution in [0, 0.1) is 15.4 Å². The first-order chi connectivity index (χ1) is 15.0. The Morgan fingerprint density at radius 3 is 1.81 bits per heavy atom. The van der Waals surface area contributed by atoms with Gasteiger partial charge in [0.05, 0.1) is 22.9 Å². The van der Waals surface area contributed by atoms with Crippen molar-refractivity contribution in [1.29, 1.82) is 0 Å². The molecule has 1 fully saturated rings. The zero-order valence-electron chi connectivity index (χ0n) is 16.7. The standard InChI is InChI=1S/C26H18INO3/c1-25-15-8-2-4-10-17(15)26(14-29,18-11-5-3-9-16(18)25)22-21(25)23(30)28(24(22)31)20-13-7-6-12-19(20)27/h2-14,21-22H,1H3/t21-,22-,25?,26?/m1/s1. The third-order valence-corrected chi connectivity index (χ3v) is 8.47. The lowest BCUT2D eigenvalue weighted by Crippen LogP contribution is -2.61. The van der Waals surface area contributed by atoms with Gasteiger partial charge in [0.2, 0.25) is 11.8 Å². The molecule has 5 heteroatoms. The van der Waals surface area contributed by atoms with Crippen LogP contribution in [0.3, 0.4) is 0 Å². The molecule has 0 N–H and O–H groups in total. The number of hydrogen-bond donors (Lipinski definition) is 0. The first-order valence-electron chi connectivity index (χ1n) is 10.3. The second-order valence-electron chi connectivity index (χ2n) is 8.70. The smallest absolute Gasteiger partial charge is 0.239 e. The average Bonchev–Trinajstić information content (AvgIpc) is 3.07. The Kier molecular flexibility index (Phi) is 3.74. The minimum Gasteiger partial charge on any atom is -0.302 e. The summed E-state index contributed by atoms with van der Waals surface area (Å²) < 4.78 is 0.827. The van der Waals surface area contributed by atoms with Crippen molar-refractivity contribution in [1.82, 2.24) is 0 Å². The van der Waals surface area contributed by atoms with Crippen LogP contribution in [0.2, 0.25) is 0 Å². The molecule has 4 aliphatic rings. The Labute approximate surface area is 193 Å². The molecule has 3 aromatic carbocycles. The number of imide groups is 1. The van der Waals surface area contributed by atoms with E-state index in [2.05, 4.69) is 29.5 Å². The average molecular weight is 519 g/mol. The lowest BCUT2D eigenvalue weighted by atomic mass is 9.42. The number of benzene rings is 3. The maximum Gasteiger partial charge on any atom is 0.239 e. The molecule has 0 saturated carbocycles. The predicted octanol–water partition coefficient (Wildman–Crippen LogP) is 4.22. The monoisotopic (exact) mass is 519 g/mol. The molecule has 1 saturated heterocycles. The number of rotatable bonds is 2. The molecule has 152 valence electrons. The Morgan fingerprint density at radius 1 is 0.774 bits per heavy atom. The molecule has 0 radical (unpaired) electrons. The first kappa shape index (κ1) is 18.9. The topological polar surface area (TPSA) is 54.5 Å². The number of hydrogen-bond acceptors (Lipinski definition) is 3. The molecule has 4 nitrogen and oxygen atoms in total. The highest BCUT2D eigenvalue weighted by atomic mass is 127. The molecular weight excluding hydrogens is 501 g/mol. The van der Waals surface area contributed by atoms with Crippen LogP contribution in [0.15, 0.2) is 72.8 Å². The van der Waals surface area contributed by atoms with Crippen molar-refractivity contribution in [3.8, 4) is 0 Å². The van der Waals surface area contributed by atoms with Crippen molar-refractivity contribution >= 4 is 46.4 Å². The normalized spacial score (nSPS) is 30.1. The summed E-state index contributed by atoms with van der Waals surface area (Å²) >= 11 is 2.15. The van der Waals surface area contributed by atoms with Gasteiger partial charge in [0.1, 0.15) is 6.29 Å². The van der Waals surface area contributed by atoms with Gasteiger partial charge in [-0.2, -0.15) is 0 Å². The van der Waals surface area contributed by atoms with Gasteiger partial charge in [-0.1, -0.05) is 67.6 Å². The second kappa shape index (κ2) is 6.13. The van der Waals surface area contributed by atoms with Gasteiger partial charge in [0, 0.05) is 8.99 Å². The fourth-order valence-corrected chi connectivity index (χ4v) is 6.96. The molecule has 1 heterocycles. The van der Waals surface area contributed by atoms with E-state index in [9.17, 15) is 14.4 Å². The number of carbonyl (C=O) groups is 3. The third-order valence-electron chi connectivity index (χ3n) is 7.56. The SMILES string of the molecule is CC12c3ccccc3C(C=O)(c3ccccc31)[C@H]1C(=O)N(c3ccccc3I)C(=O)[C@@H]12. The zero-order chi connectivity index (χ0) is 21.5. The van der Waals surface area contributed by atoms with Gasteiger partial charge in [0.15, 0.2) is 0 Å². The van der Waals surface area contributed by atoms with E-state index in [1.54, 1.807) is 6.07 Å². The summed E-state index contributed by atoms with van der Waals surface area (Å²) in [6, 6.07) is 23.0. The van der Waals surface area contributed by atoms with Crippen LogP contribution in [0.4, 0.5) is 5.69 Å². The maximum atomic E-state index is 14.0. The number of nitrogens with zero attached hydrogens (tertiary/aromatic N) is 1. The van der Waals surface area contributed by atoms with Crippen molar-refractivity contribution in [2.45, 2.75) is 17.8 Å². The summed E-state index contributed by atoms with van der Waals surface area (Å²) in [5.74, 6) is -1.91. The molecule has 31 heavy (non-hydrogen) atoms. The van der Waals surface area contributed by atoms with E-state index < -0.39 is 22.7 Å². The zero-order valence-corrected chi connectivity index (χ0v) is 18.9. The summed E-state index contributed by atoms with van der Waals surface area (Å²) in [6.45, 7) is 2.06. The highest BCUT2D eigenvalue weighted by molar-refractivity contribution is 14.1. The van der Waals surface area contributed by atoms with Crippen LogP contribution in [0.25, 0.3) is 0 Å². The van der Waals surface area contributed by atoms with Crippen LogP contribution >= 0.6 is 22.6 Å². The molecule has 2 amide bonds. The largest absolute Gasteiger partial charge is 0.302 e. The lowest BCUT2D eigenvalue weighted by molar-refractivity contribution is -0.129. The van der Waals surface area contributed by atoms with Crippen LogP contribution < -0.4 is 4.90 Å². The first-order valence-corrected chi connectivity index (χ1v) is 11.3. The van der Waals surface area contributed by atoms with Gasteiger partial charge >= 0.3 is 0 Å². The van der Waals surface area contributed by atoms with E-state index in [1.807, 2.05) is 66.7 Å². The van der Waals surface area contributed by atoms with Crippen LogP contribution in [0.1, 0.15) is 29.2 Å². The molecule has 7 rings (SSSR count). The molecule has 2 bridgehead atoms. The van der Waals surface area contributed by atoms with Crippen LogP contribution in [-0.2, 0) is 25.2 Å². The van der Waals surface area contributed by atoms with Gasteiger partial charge < -0.3 is 4.79 Å². The number of carbonyl (C=O) groups excluding carboxylic acids is 3. The van der Waals surface area contributed by atoms with E-state index in [0.29, 0.717) is 5.69 Å². The van der Waals surface area contributed by atoms with E-state index in [1.165, 1.54) is 4.90 Å². The second-order valence-corrected chi connectivity index (χ2v) is 9.86. The lowest BCUT2D eigenvalue weighted by Gasteiger charge is -2.56. The van der Waals surface area contributed by atoms with Crippen molar-refractivity contribution in [2.75, 3.05) is 4.90 Å². The Bertz CT molecular complexity index is 1270. The molecule has 2 atom stereocenters. The van der Waals surface area contributed by atoms with Gasteiger partial charge in [-0.15, -0.1) is 0 Å². The molecule has 0 unspecified atom stereocenters. The van der Waals surface area contributed by atoms with Crippen molar-refractivity contribution < 1.29 is 14.4 Å².